The van der Waals surface area contributed by atoms with Crippen LogP contribution in [-0.4, -0.2) is 56.2 Å². The number of amides is 2. The van der Waals surface area contributed by atoms with Crippen LogP contribution in [0.25, 0.3) is 0 Å². The molecule has 2 aliphatic rings. The van der Waals surface area contributed by atoms with Crippen molar-refractivity contribution < 1.29 is 14.3 Å². The van der Waals surface area contributed by atoms with Gasteiger partial charge in [-0.05, 0) is 31.8 Å². The second-order valence-corrected chi connectivity index (χ2v) is 5.02. The molecule has 2 fully saturated rings. The highest BCUT2D eigenvalue weighted by Gasteiger charge is 2.29. The van der Waals surface area contributed by atoms with Crippen molar-refractivity contribution in [1.82, 2.24) is 15.5 Å². The molecule has 2 aliphatic heterocycles. The van der Waals surface area contributed by atoms with E-state index in [2.05, 4.69) is 15.4 Å². The number of nitrogens with one attached hydrogen (secondary N) is 2. The van der Waals surface area contributed by atoms with E-state index >= 15 is 0 Å². The fraction of sp³-hybridized carbons (Fsp3) is 0.833. The Morgan fingerprint density at radius 1 is 1.44 bits per heavy atom. The van der Waals surface area contributed by atoms with E-state index in [1.165, 1.54) is 7.11 Å². The van der Waals surface area contributed by atoms with Crippen molar-refractivity contribution in [3.8, 4) is 0 Å². The molecule has 0 saturated carbocycles. The molecule has 2 saturated heterocycles. The maximum absolute atomic E-state index is 12.1. The van der Waals surface area contributed by atoms with Crippen LogP contribution in [0, 0.1) is 5.92 Å². The molecule has 6 nitrogen and oxygen atoms in total. The number of ether oxygens (including phenoxy) is 1. The molecule has 0 spiro atoms. The molecule has 18 heavy (non-hydrogen) atoms. The monoisotopic (exact) mass is 255 g/mol. The summed E-state index contributed by atoms with van der Waals surface area (Å²) in [4.78, 5) is 25.0. The van der Waals surface area contributed by atoms with Gasteiger partial charge in [-0.15, -0.1) is 0 Å². The normalized spacial score (nSPS) is 27.3. The Labute approximate surface area is 107 Å². The molecule has 0 bridgehead atoms. The van der Waals surface area contributed by atoms with Gasteiger partial charge in [-0.25, -0.2) is 4.79 Å². The minimum Gasteiger partial charge on any atom is -0.453 e. The van der Waals surface area contributed by atoms with Crippen LogP contribution in [0.3, 0.4) is 0 Å². The number of carbonyl (C=O) groups excluding carboxylic acids is 2. The number of hydrogen-bond acceptors (Lipinski definition) is 4. The molecule has 2 rings (SSSR count). The first-order chi connectivity index (χ1) is 8.69. The highest BCUT2D eigenvalue weighted by Crippen LogP contribution is 2.17. The van der Waals surface area contributed by atoms with Gasteiger partial charge in [-0.3, -0.25) is 4.79 Å². The molecule has 0 radical (unpaired) electrons. The van der Waals surface area contributed by atoms with Gasteiger partial charge in [0.25, 0.3) is 0 Å². The molecule has 2 unspecified atom stereocenters. The third-order valence-electron chi connectivity index (χ3n) is 3.67. The van der Waals surface area contributed by atoms with Gasteiger partial charge in [-0.1, -0.05) is 0 Å². The fourth-order valence-corrected chi connectivity index (χ4v) is 2.59. The predicted octanol–water partition coefficient (Wildman–Crippen LogP) is -0.0571. The number of alkyl carbamates (subject to hydrolysis) is 1. The van der Waals surface area contributed by atoms with Crippen molar-refractivity contribution in [2.45, 2.75) is 25.3 Å². The first-order valence-electron chi connectivity index (χ1n) is 6.52. The number of hydrogen-bond donors (Lipinski definition) is 2. The first-order valence-corrected chi connectivity index (χ1v) is 6.52. The Balaban J connectivity index is 1.73. The van der Waals surface area contributed by atoms with E-state index in [1.54, 1.807) is 0 Å². The highest BCUT2D eigenvalue weighted by molar-refractivity contribution is 5.77. The smallest absolute Gasteiger partial charge is 0.407 e. The number of likely N-dealkylation sites (tertiary alicyclic amines) is 1. The molecule has 2 amide bonds. The summed E-state index contributed by atoms with van der Waals surface area (Å²) >= 11 is 0. The first kappa shape index (κ1) is 13.1. The topological polar surface area (TPSA) is 70.7 Å². The molecule has 0 aromatic heterocycles. The molecule has 2 atom stereocenters. The summed E-state index contributed by atoms with van der Waals surface area (Å²) in [5, 5.41) is 6.01. The highest BCUT2D eigenvalue weighted by atomic mass is 16.5. The van der Waals surface area contributed by atoms with E-state index in [-0.39, 0.29) is 11.9 Å². The molecule has 0 aliphatic carbocycles. The largest absolute Gasteiger partial charge is 0.453 e. The van der Waals surface area contributed by atoms with Gasteiger partial charge in [0.05, 0.1) is 13.2 Å². The van der Waals surface area contributed by atoms with Crippen LogP contribution in [0.1, 0.15) is 19.3 Å². The lowest BCUT2D eigenvalue weighted by molar-refractivity contribution is -0.131. The van der Waals surface area contributed by atoms with Crippen LogP contribution in [0.4, 0.5) is 4.79 Å². The standard InChI is InChI=1S/C12H21N3O3/c1-18-12(17)14-10-3-5-15(8-10)11(16)6-9-2-4-13-7-9/h9-10,13H,2-8H2,1H3,(H,14,17). The molecule has 6 heteroatoms. The van der Waals surface area contributed by atoms with Crippen LogP contribution in [-0.2, 0) is 9.53 Å². The minimum atomic E-state index is -0.422. The number of nitrogens with zero attached hydrogens (tertiary/aromatic N) is 1. The molecular formula is C12H21N3O3. The van der Waals surface area contributed by atoms with Gasteiger partial charge >= 0.3 is 6.09 Å². The van der Waals surface area contributed by atoms with Crippen LogP contribution in [0.2, 0.25) is 0 Å². The van der Waals surface area contributed by atoms with Gasteiger partial charge < -0.3 is 20.3 Å². The molecule has 2 heterocycles. The van der Waals surface area contributed by atoms with E-state index in [4.69, 9.17) is 0 Å². The Hall–Kier alpha value is -1.30. The lowest BCUT2D eigenvalue weighted by atomic mass is 10.0. The third kappa shape index (κ3) is 3.35. The Bertz CT molecular complexity index is 316. The second-order valence-electron chi connectivity index (χ2n) is 5.02. The van der Waals surface area contributed by atoms with Crippen molar-refractivity contribution in [2.24, 2.45) is 5.92 Å². The number of rotatable bonds is 3. The second kappa shape index (κ2) is 6.04. The van der Waals surface area contributed by atoms with Crippen molar-refractivity contribution in [3.63, 3.8) is 0 Å². The molecule has 102 valence electrons. The van der Waals surface area contributed by atoms with Gasteiger partial charge in [0.2, 0.25) is 5.91 Å². The summed E-state index contributed by atoms with van der Waals surface area (Å²) in [5.74, 6) is 0.683. The van der Waals surface area contributed by atoms with E-state index in [1.807, 2.05) is 4.90 Å². The molecule has 2 N–H and O–H groups in total. The summed E-state index contributed by atoms with van der Waals surface area (Å²) in [6, 6.07) is 0.0307. The summed E-state index contributed by atoms with van der Waals surface area (Å²) in [6.07, 6.45) is 2.10. The molecule has 0 aromatic rings. The third-order valence-corrected chi connectivity index (χ3v) is 3.67. The van der Waals surface area contributed by atoms with Crippen LogP contribution in [0.15, 0.2) is 0 Å². The predicted molar refractivity (Wildman–Crippen MR) is 66.1 cm³/mol. The lowest BCUT2D eigenvalue weighted by Crippen LogP contribution is -2.38. The minimum absolute atomic E-state index is 0.0307. The Kier molecular flexibility index (Phi) is 4.41. The summed E-state index contributed by atoms with van der Waals surface area (Å²) in [5.41, 5.74) is 0. The quantitative estimate of drug-likeness (QED) is 0.741. The van der Waals surface area contributed by atoms with Crippen LogP contribution < -0.4 is 10.6 Å². The summed E-state index contributed by atoms with van der Waals surface area (Å²) in [6.45, 7) is 3.30. The van der Waals surface area contributed by atoms with E-state index in [0.29, 0.717) is 18.9 Å². The van der Waals surface area contributed by atoms with Crippen LogP contribution in [0.5, 0.6) is 0 Å². The summed E-state index contributed by atoms with van der Waals surface area (Å²) in [7, 11) is 1.35. The molecular weight excluding hydrogens is 234 g/mol. The molecule has 0 aromatic carbocycles. The zero-order chi connectivity index (χ0) is 13.0. The van der Waals surface area contributed by atoms with Gasteiger partial charge in [-0.2, -0.15) is 0 Å². The summed E-state index contributed by atoms with van der Waals surface area (Å²) < 4.78 is 4.55. The number of methoxy groups -OCH3 is 1. The van der Waals surface area contributed by atoms with E-state index in [9.17, 15) is 9.59 Å². The SMILES string of the molecule is COC(=O)NC1CCN(C(=O)CC2CCNC2)C1. The van der Waals surface area contributed by atoms with Gasteiger partial charge in [0, 0.05) is 19.5 Å². The Morgan fingerprint density at radius 3 is 2.94 bits per heavy atom. The van der Waals surface area contributed by atoms with E-state index < -0.39 is 6.09 Å². The van der Waals surface area contributed by atoms with Crippen molar-refractivity contribution in [3.05, 3.63) is 0 Å². The van der Waals surface area contributed by atoms with Crippen LogP contribution >= 0.6 is 0 Å². The number of carbonyl (C=O) groups is 2. The zero-order valence-corrected chi connectivity index (χ0v) is 10.8. The van der Waals surface area contributed by atoms with Gasteiger partial charge in [0.1, 0.15) is 0 Å². The van der Waals surface area contributed by atoms with Crippen molar-refractivity contribution >= 4 is 12.0 Å². The lowest BCUT2D eigenvalue weighted by Gasteiger charge is -2.18. The zero-order valence-electron chi connectivity index (χ0n) is 10.8. The average Bonchev–Trinajstić information content (AvgIpc) is 3.00. The Morgan fingerprint density at radius 2 is 2.28 bits per heavy atom. The van der Waals surface area contributed by atoms with Crippen molar-refractivity contribution in [1.29, 1.82) is 0 Å². The fourth-order valence-electron chi connectivity index (χ4n) is 2.59. The van der Waals surface area contributed by atoms with Gasteiger partial charge in [0.15, 0.2) is 0 Å². The maximum Gasteiger partial charge on any atom is 0.407 e. The van der Waals surface area contributed by atoms with Crippen molar-refractivity contribution in [2.75, 3.05) is 33.3 Å². The maximum atomic E-state index is 12.1. The average molecular weight is 255 g/mol. The van der Waals surface area contributed by atoms with E-state index in [0.717, 1.165) is 32.5 Å².